The first-order chi connectivity index (χ1) is 10.1. The minimum absolute atomic E-state index is 0.335. The fraction of sp³-hybridized carbons (Fsp3) is 0.429. The lowest BCUT2D eigenvalue weighted by Gasteiger charge is -2.07. The molecule has 1 N–H and O–H groups in total. The van der Waals surface area contributed by atoms with E-state index in [-0.39, 0.29) is 0 Å². The zero-order valence-corrected chi connectivity index (χ0v) is 13.2. The van der Waals surface area contributed by atoms with Crippen LogP contribution >= 0.6 is 11.3 Å². The molecule has 7 heteroatoms. The predicted molar refractivity (Wildman–Crippen MR) is 81.5 cm³/mol. The van der Waals surface area contributed by atoms with Gasteiger partial charge in [0.15, 0.2) is 0 Å². The number of nitrogens with one attached hydrogen (secondary N) is 1. The smallest absolute Gasteiger partial charge is 0.341 e. The van der Waals surface area contributed by atoms with Crippen molar-refractivity contribution >= 4 is 23.3 Å². The van der Waals surface area contributed by atoms with Gasteiger partial charge >= 0.3 is 5.97 Å². The molecule has 21 heavy (non-hydrogen) atoms. The van der Waals surface area contributed by atoms with E-state index in [1.165, 1.54) is 11.1 Å². The predicted octanol–water partition coefficient (Wildman–Crippen LogP) is 2.59. The summed E-state index contributed by atoms with van der Waals surface area (Å²) in [6, 6.07) is 0. The molecular weight excluding hydrogens is 288 g/mol. The molecule has 0 saturated carbocycles. The van der Waals surface area contributed by atoms with Gasteiger partial charge in [0.1, 0.15) is 5.01 Å². The molecule has 2 aromatic rings. The molecule has 6 nitrogen and oxygen atoms in total. The average molecular weight is 306 g/mol. The molecule has 0 aliphatic rings. The average Bonchev–Trinajstić information content (AvgIpc) is 2.93. The van der Waals surface area contributed by atoms with Gasteiger partial charge in [-0.3, -0.25) is 0 Å². The summed E-state index contributed by atoms with van der Waals surface area (Å²) in [7, 11) is 0. The van der Waals surface area contributed by atoms with Crippen LogP contribution in [-0.2, 0) is 17.7 Å². The first-order valence-electron chi connectivity index (χ1n) is 6.82. The van der Waals surface area contributed by atoms with Crippen LogP contribution in [0.4, 0.5) is 5.95 Å². The summed E-state index contributed by atoms with van der Waals surface area (Å²) in [5, 5.41) is 4.10. The second-order valence-corrected chi connectivity index (χ2v) is 5.54. The van der Waals surface area contributed by atoms with Crippen LogP contribution in [0, 0.1) is 6.92 Å². The van der Waals surface area contributed by atoms with E-state index < -0.39 is 5.97 Å². The molecule has 2 aromatic heterocycles. The van der Waals surface area contributed by atoms with Crippen molar-refractivity contribution in [1.82, 2.24) is 15.0 Å². The summed E-state index contributed by atoms with van der Waals surface area (Å²) in [4.78, 5) is 25.6. The molecule has 0 atom stereocenters. The molecule has 0 bridgehead atoms. The SMILES string of the molecule is CCOC(=O)c1cnc(NCc2ncc(CC)s2)nc1C. The molecule has 0 aliphatic carbocycles. The number of nitrogens with zero attached hydrogens (tertiary/aromatic N) is 3. The van der Waals surface area contributed by atoms with Gasteiger partial charge in [-0.15, -0.1) is 11.3 Å². The lowest BCUT2D eigenvalue weighted by Crippen LogP contribution is -2.11. The number of esters is 1. The van der Waals surface area contributed by atoms with Crippen molar-refractivity contribution < 1.29 is 9.53 Å². The first kappa shape index (κ1) is 15.4. The summed E-state index contributed by atoms with van der Waals surface area (Å²) in [5.74, 6) is 0.0860. The van der Waals surface area contributed by atoms with Crippen molar-refractivity contribution in [3.05, 3.63) is 33.5 Å². The second-order valence-electron chi connectivity index (χ2n) is 4.34. The highest BCUT2D eigenvalue weighted by Crippen LogP contribution is 2.15. The molecule has 2 rings (SSSR count). The van der Waals surface area contributed by atoms with Gasteiger partial charge in [-0.2, -0.15) is 0 Å². The van der Waals surface area contributed by atoms with E-state index >= 15 is 0 Å². The molecule has 2 heterocycles. The van der Waals surface area contributed by atoms with Gasteiger partial charge in [0.25, 0.3) is 0 Å². The fourth-order valence-corrected chi connectivity index (χ4v) is 2.51. The van der Waals surface area contributed by atoms with Gasteiger partial charge in [-0.05, 0) is 20.3 Å². The number of hydrogen-bond donors (Lipinski definition) is 1. The highest BCUT2D eigenvalue weighted by Gasteiger charge is 2.12. The van der Waals surface area contributed by atoms with Crippen LogP contribution < -0.4 is 5.32 Å². The highest BCUT2D eigenvalue weighted by molar-refractivity contribution is 7.11. The molecule has 0 amide bonds. The third-order valence-electron chi connectivity index (χ3n) is 2.82. The van der Waals surface area contributed by atoms with E-state index in [9.17, 15) is 4.79 Å². The van der Waals surface area contributed by atoms with E-state index in [1.807, 2.05) is 6.20 Å². The fourth-order valence-electron chi connectivity index (χ4n) is 1.71. The molecule has 112 valence electrons. The summed E-state index contributed by atoms with van der Waals surface area (Å²) in [6.07, 6.45) is 4.36. The minimum atomic E-state index is -0.394. The van der Waals surface area contributed by atoms with Crippen LogP contribution in [0.1, 0.15) is 39.8 Å². The van der Waals surface area contributed by atoms with Crippen molar-refractivity contribution in [3.8, 4) is 0 Å². The molecule has 0 spiro atoms. The Morgan fingerprint density at radius 3 is 2.76 bits per heavy atom. The number of carbonyl (C=O) groups excluding carboxylic acids is 1. The molecule has 0 radical (unpaired) electrons. The number of aromatic nitrogens is 3. The van der Waals surface area contributed by atoms with Crippen molar-refractivity contribution in [2.45, 2.75) is 33.7 Å². The standard InChI is InChI=1S/C14H18N4O2S/c1-4-10-6-15-12(21-10)8-17-14-16-7-11(9(3)18-14)13(19)20-5-2/h6-7H,4-5,8H2,1-3H3,(H,16,17,18). The van der Waals surface area contributed by atoms with Crippen LogP contribution in [0.5, 0.6) is 0 Å². The molecule has 0 saturated heterocycles. The molecule has 0 fully saturated rings. The lowest BCUT2D eigenvalue weighted by molar-refractivity contribution is 0.0524. The number of aryl methyl sites for hydroxylation is 2. The Morgan fingerprint density at radius 1 is 1.33 bits per heavy atom. The Morgan fingerprint density at radius 2 is 2.14 bits per heavy atom. The van der Waals surface area contributed by atoms with Gasteiger partial charge in [-0.1, -0.05) is 6.92 Å². The minimum Gasteiger partial charge on any atom is -0.462 e. The largest absolute Gasteiger partial charge is 0.462 e. The zero-order chi connectivity index (χ0) is 15.2. The summed E-state index contributed by atoms with van der Waals surface area (Å²) < 4.78 is 4.95. The summed E-state index contributed by atoms with van der Waals surface area (Å²) >= 11 is 1.67. The number of hydrogen-bond acceptors (Lipinski definition) is 7. The van der Waals surface area contributed by atoms with Crippen molar-refractivity contribution in [2.24, 2.45) is 0 Å². The van der Waals surface area contributed by atoms with Crippen molar-refractivity contribution in [2.75, 3.05) is 11.9 Å². The summed E-state index contributed by atoms with van der Waals surface area (Å²) in [6.45, 7) is 6.54. The molecule has 0 unspecified atom stereocenters. The number of ether oxygens (including phenoxy) is 1. The van der Waals surface area contributed by atoms with Gasteiger partial charge in [0, 0.05) is 17.3 Å². The van der Waals surface area contributed by atoms with Crippen LogP contribution in [0.3, 0.4) is 0 Å². The van der Waals surface area contributed by atoms with Gasteiger partial charge in [-0.25, -0.2) is 19.7 Å². The topological polar surface area (TPSA) is 77.0 Å². The Hall–Kier alpha value is -2.02. The first-order valence-corrected chi connectivity index (χ1v) is 7.63. The maximum Gasteiger partial charge on any atom is 0.341 e. The monoisotopic (exact) mass is 306 g/mol. The van der Waals surface area contributed by atoms with Gasteiger partial charge < -0.3 is 10.1 Å². The van der Waals surface area contributed by atoms with E-state index in [2.05, 4.69) is 27.2 Å². The maximum atomic E-state index is 11.7. The normalized spacial score (nSPS) is 10.4. The molecular formula is C14H18N4O2S. The number of carbonyl (C=O) groups is 1. The van der Waals surface area contributed by atoms with Crippen LogP contribution in [-0.4, -0.2) is 27.5 Å². The Kier molecular flexibility index (Phi) is 5.21. The molecule has 0 aliphatic heterocycles. The van der Waals surface area contributed by atoms with Crippen LogP contribution in [0.2, 0.25) is 0 Å². The maximum absolute atomic E-state index is 11.7. The summed E-state index contributed by atoms with van der Waals surface area (Å²) in [5.41, 5.74) is 0.990. The highest BCUT2D eigenvalue weighted by atomic mass is 32.1. The second kappa shape index (κ2) is 7.12. The Balaban J connectivity index is 2.01. The van der Waals surface area contributed by atoms with Gasteiger partial charge in [0.05, 0.1) is 24.4 Å². The lowest BCUT2D eigenvalue weighted by atomic mass is 10.2. The number of thiazole rings is 1. The quantitative estimate of drug-likeness (QED) is 0.827. The third kappa shape index (κ3) is 3.98. The number of rotatable bonds is 6. The Labute approximate surface area is 127 Å². The van der Waals surface area contributed by atoms with E-state index in [1.54, 1.807) is 25.2 Å². The number of anilines is 1. The van der Waals surface area contributed by atoms with Crippen LogP contribution in [0.25, 0.3) is 0 Å². The van der Waals surface area contributed by atoms with Crippen molar-refractivity contribution in [1.29, 1.82) is 0 Å². The van der Waals surface area contributed by atoms with Crippen molar-refractivity contribution in [3.63, 3.8) is 0 Å². The van der Waals surface area contributed by atoms with Gasteiger partial charge in [0.2, 0.25) is 5.95 Å². The van der Waals surface area contributed by atoms with E-state index in [0.29, 0.717) is 30.4 Å². The third-order valence-corrected chi connectivity index (χ3v) is 3.96. The van der Waals surface area contributed by atoms with Crippen LogP contribution in [0.15, 0.2) is 12.4 Å². The van der Waals surface area contributed by atoms with E-state index in [0.717, 1.165) is 11.4 Å². The van der Waals surface area contributed by atoms with E-state index in [4.69, 9.17) is 4.74 Å². The zero-order valence-electron chi connectivity index (χ0n) is 12.3. The molecule has 0 aromatic carbocycles. The Bertz CT molecular complexity index is 627.